The van der Waals surface area contributed by atoms with E-state index in [-0.39, 0.29) is 0 Å². The van der Waals surface area contributed by atoms with Crippen LogP contribution in [0.5, 0.6) is 0 Å². The summed E-state index contributed by atoms with van der Waals surface area (Å²) < 4.78 is 10.4. The molecule has 0 fully saturated rings. The maximum absolute atomic E-state index is 12.5. The molecule has 142 valence electrons. The third-order valence-corrected chi connectivity index (χ3v) is 3.64. The highest BCUT2D eigenvalue weighted by Crippen LogP contribution is 2.20. The molecular formula is C20H22N2O5. The molecule has 2 rings (SSSR count). The highest BCUT2D eigenvalue weighted by molar-refractivity contribution is 5.99. The summed E-state index contributed by atoms with van der Waals surface area (Å²) in [4.78, 5) is 36.6. The van der Waals surface area contributed by atoms with Gasteiger partial charge in [0.1, 0.15) is 0 Å². The summed E-state index contributed by atoms with van der Waals surface area (Å²) in [5.41, 5.74) is 1.66. The minimum absolute atomic E-state index is 0.293. The van der Waals surface area contributed by atoms with Gasteiger partial charge in [0.05, 0.1) is 12.2 Å². The topological polar surface area (TPSA) is 93.7 Å². The quantitative estimate of drug-likeness (QED) is 0.731. The first-order chi connectivity index (χ1) is 13.0. The standard InChI is InChI=1S/C20H22N2O5/c1-3-21-20(25)22-18(23)17(15-7-5-4-6-8-15)27-19(24)16-11-9-14(10-12-16)13-26-2/h4-12,17H,3,13H2,1-2H3,(H2,21,22,23,25)/t17-/m1/s1. The third-order valence-electron chi connectivity index (χ3n) is 3.64. The Morgan fingerprint density at radius 2 is 1.67 bits per heavy atom. The van der Waals surface area contributed by atoms with Gasteiger partial charge in [-0.2, -0.15) is 0 Å². The molecule has 0 aliphatic rings. The van der Waals surface area contributed by atoms with E-state index in [0.717, 1.165) is 5.56 Å². The molecule has 0 saturated carbocycles. The van der Waals surface area contributed by atoms with Crippen molar-refractivity contribution in [2.45, 2.75) is 19.6 Å². The molecule has 3 amide bonds. The molecule has 0 unspecified atom stereocenters. The van der Waals surface area contributed by atoms with Gasteiger partial charge in [0.25, 0.3) is 5.91 Å². The number of nitrogens with one attached hydrogen (secondary N) is 2. The van der Waals surface area contributed by atoms with Crippen LogP contribution in [0.4, 0.5) is 4.79 Å². The molecule has 27 heavy (non-hydrogen) atoms. The van der Waals surface area contributed by atoms with E-state index in [2.05, 4.69) is 10.6 Å². The second-order valence-electron chi connectivity index (χ2n) is 5.67. The molecule has 2 N–H and O–H groups in total. The number of carbonyl (C=O) groups excluding carboxylic acids is 3. The van der Waals surface area contributed by atoms with Crippen LogP contribution in [0.1, 0.15) is 34.5 Å². The van der Waals surface area contributed by atoms with Gasteiger partial charge in [0.15, 0.2) is 0 Å². The summed E-state index contributed by atoms with van der Waals surface area (Å²) >= 11 is 0. The first kappa shape index (κ1) is 20.1. The van der Waals surface area contributed by atoms with Gasteiger partial charge >= 0.3 is 12.0 Å². The lowest BCUT2D eigenvalue weighted by Crippen LogP contribution is -2.42. The molecule has 0 radical (unpaired) electrons. The van der Waals surface area contributed by atoms with E-state index < -0.39 is 24.0 Å². The first-order valence-corrected chi connectivity index (χ1v) is 8.47. The van der Waals surface area contributed by atoms with Crippen LogP contribution in [0, 0.1) is 0 Å². The van der Waals surface area contributed by atoms with Crippen molar-refractivity contribution in [2.24, 2.45) is 0 Å². The fourth-order valence-electron chi connectivity index (χ4n) is 2.36. The number of carbonyl (C=O) groups is 3. The highest BCUT2D eigenvalue weighted by atomic mass is 16.5. The van der Waals surface area contributed by atoms with Gasteiger partial charge in [-0.1, -0.05) is 42.5 Å². The van der Waals surface area contributed by atoms with Crippen molar-refractivity contribution < 1.29 is 23.9 Å². The Hall–Kier alpha value is -3.19. The summed E-state index contributed by atoms with van der Waals surface area (Å²) in [7, 11) is 1.58. The maximum atomic E-state index is 12.5. The normalized spacial score (nSPS) is 11.3. The van der Waals surface area contributed by atoms with E-state index in [4.69, 9.17) is 9.47 Å². The average Bonchev–Trinajstić information content (AvgIpc) is 2.67. The molecule has 0 saturated heterocycles. The van der Waals surface area contributed by atoms with Crippen LogP contribution in [0.25, 0.3) is 0 Å². The fourth-order valence-corrected chi connectivity index (χ4v) is 2.36. The molecule has 7 nitrogen and oxygen atoms in total. The lowest BCUT2D eigenvalue weighted by molar-refractivity contribution is -0.129. The Balaban J connectivity index is 2.17. The predicted molar refractivity (Wildman–Crippen MR) is 99.0 cm³/mol. The van der Waals surface area contributed by atoms with Crippen LogP contribution in [0.3, 0.4) is 0 Å². The molecule has 7 heteroatoms. The van der Waals surface area contributed by atoms with E-state index in [1.54, 1.807) is 68.6 Å². The van der Waals surface area contributed by atoms with Crippen molar-refractivity contribution in [3.05, 3.63) is 71.3 Å². The number of ether oxygens (including phenoxy) is 2. The van der Waals surface area contributed by atoms with Crippen LogP contribution in [0.15, 0.2) is 54.6 Å². The first-order valence-electron chi connectivity index (χ1n) is 8.47. The van der Waals surface area contributed by atoms with Gasteiger partial charge < -0.3 is 14.8 Å². The Kier molecular flexibility index (Phi) is 7.51. The molecule has 2 aromatic rings. The van der Waals surface area contributed by atoms with Gasteiger partial charge in [-0.05, 0) is 24.6 Å². The molecule has 0 bridgehead atoms. The molecule has 0 heterocycles. The van der Waals surface area contributed by atoms with Gasteiger partial charge in [-0.25, -0.2) is 9.59 Å². The Morgan fingerprint density at radius 3 is 2.26 bits per heavy atom. The Morgan fingerprint density at radius 1 is 1.00 bits per heavy atom. The Labute approximate surface area is 157 Å². The minimum Gasteiger partial charge on any atom is -0.444 e. The number of amides is 3. The number of hydrogen-bond acceptors (Lipinski definition) is 5. The van der Waals surface area contributed by atoms with Crippen molar-refractivity contribution >= 4 is 17.9 Å². The zero-order chi connectivity index (χ0) is 19.6. The van der Waals surface area contributed by atoms with E-state index in [1.165, 1.54) is 0 Å². The molecule has 0 aromatic heterocycles. The molecular weight excluding hydrogens is 348 g/mol. The second-order valence-corrected chi connectivity index (χ2v) is 5.67. The van der Waals surface area contributed by atoms with Crippen LogP contribution in [0.2, 0.25) is 0 Å². The Bertz CT molecular complexity index is 775. The zero-order valence-corrected chi connectivity index (χ0v) is 15.2. The summed E-state index contributed by atoms with van der Waals surface area (Å²) in [5, 5.41) is 4.64. The second kappa shape index (κ2) is 10.1. The van der Waals surface area contributed by atoms with Crippen LogP contribution in [-0.4, -0.2) is 31.6 Å². The average molecular weight is 370 g/mol. The summed E-state index contributed by atoms with van der Waals surface area (Å²) in [6.07, 6.45) is -1.25. The third kappa shape index (κ3) is 5.93. The van der Waals surface area contributed by atoms with Crippen LogP contribution in [-0.2, 0) is 20.9 Å². The number of imide groups is 1. The molecule has 1 atom stereocenters. The van der Waals surface area contributed by atoms with Crippen LogP contribution >= 0.6 is 0 Å². The van der Waals surface area contributed by atoms with Crippen molar-refractivity contribution in [3.8, 4) is 0 Å². The SMILES string of the molecule is CCNC(=O)NC(=O)[C@H](OC(=O)c1ccc(COC)cc1)c1ccccc1. The number of rotatable bonds is 7. The molecule has 0 aliphatic carbocycles. The maximum Gasteiger partial charge on any atom is 0.339 e. The number of urea groups is 1. The predicted octanol–water partition coefficient (Wildman–Crippen LogP) is 2.58. The van der Waals surface area contributed by atoms with Gasteiger partial charge in [-0.15, -0.1) is 0 Å². The van der Waals surface area contributed by atoms with Gasteiger partial charge in [-0.3, -0.25) is 10.1 Å². The summed E-state index contributed by atoms with van der Waals surface area (Å²) in [5.74, 6) is -1.39. The van der Waals surface area contributed by atoms with Crippen LogP contribution < -0.4 is 10.6 Å². The monoisotopic (exact) mass is 370 g/mol. The van der Waals surface area contributed by atoms with Gasteiger partial charge in [0.2, 0.25) is 6.10 Å². The highest BCUT2D eigenvalue weighted by Gasteiger charge is 2.27. The largest absolute Gasteiger partial charge is 0.444 e. The lowest BCUT2D eigenvalue weighted by Gasteiger charge is -2.18. The summed E-state index contributed by atoms with van der Waals surface area (Å²) in [6, 6.07) is 14.5. The van der Waals surface area contributed by atoms with Crippen molar-refractivity contribution in [2.75, 3.05) is 13.7 Å². The molecule has 0 spiro atoms. The van der Waals surface area contributed by atoms with Gasteiger partial charge in [0, 0.05) is 19.2 Å². The van der Waals surface area contributed by atoms with Crippen molar-refractivity contribution in [1.29, 1.82) is 0 Å². The zero-order valence-electron chi connectivity index (χ0n) is 15.2. The van der Waals surface area contributed by atoms with E-state index in [1.807, 2.05) is 0 Å². The fraction of sp³-hybridized carbons (Fsp3) is 0.250. The minimum atomic E-state index is -1.25. The number of benzene rings is 2. The van der Waals surface area contributed by atoms with Crippen molar-refractivity contribution in [1.82, 2.24) is 10.6 Å². The summed E-state index contributed by atoms with van der Waals surface area (Å²) in [6.45, 7) is 2.52. The molecule has 0 aliphatic heterocycles. The van der Waals surface area contributed by atoms with E-state index in [9.17, 15) is 14.4 Å². The van der Waals surface area contributed by atoms with E-state index in [0.29, 0.717) is 24.3 Å². The molecule has 2 aromatic carbocycles. The van der Waals surface area contributed by atoms with E-state index >= 15 is 0 Å². The number of hydrogen-bond donors (Lipinski definition) is 2. The lowest BCUT2D eigenvalue weighted by atomic mass is 10.1. The van der Waals surface area contributed by atoms with Crippen molar-refractivity contribution in [3.63, 3.8) is 0 Å². The number of esters is 1. The smallest absolute Gasteiger partial charge is 0.339 e. The number of methoxy groups -OCH3 is 1.